The molecule has 3 rings (SSSR count). The number of ether oxygens (including phenoxy) is 2. The van der Waals surface area contributed by atoms with E-state index in [1.165, 1.54) is 12.0 Å². The molecule has 0 saturated heterocycles. The van der Waals surface area contributed by atoms with E-state index in [1.807, 2.05) is 0 Å². The highest BCUT2D eigenvalue weighted by atomic mass is 16.5. The lowest BCUT2D eigenvalue weighted by atomic mass is 9.88. The van der Waals surface area contributed by atoms with Gasteiger partial charge in [0.1, 0.15) is 17.1 Å². The number of aromatic carboxylic acids is 1. The van der Waals surface area contributed by atoms with Gasteiger partial charge in [-0.25, -0.2) is 4.79 Å². The van der Waals surface area contributed by atoms with Crippen LogP contribution in [-0.2, 0) is 0 Å². The molecule has 0 spiro atoms. The number of hydrogen-bond donors (Lipinski definition) is 1. The maximum atomic E-state index is 11.3. The molecule has 0 amide bonds. The molecule has 96 valence electrons. The van der Waals surface area contributed by atoms with Crippen molar-refractivity contribution < 1.29 is 19.4 Å². The summed E-state index contributed by atoms with van der Waals surface area (Å²) in [6.45, 7) is 0. The summed E-state index contributed by atoms with van der Waals surface area (Å²) in [6.07, 6.45) is 3.40. The third-order valence-electron chi connectivity index (χ3n) is 4.22. The number of carbonyl (C=O) groups is 1. The Labute approximate surface area is 106 Å². The third-order valence-corrected chi connectivity index (χ3v) is 4.22. The predicted octanol–water partition coefficient (Wildman–Crippen LogP) is 2.77. The molecule has 2 aliphatic rings. The van der Waals surface area contributed by atoms with Crippen LogP contribution in [0.15, 0.2) is 6.07 Å². The van der Waals surface area contributed by atoms with Crippen LogP contribution in [0.4, 0.5) is 0 Å². The standard InChI is InChI=1S/C14H16O4/c1-17-10-6-9(14(15)16)13(18-2)12-8-4-3-7(5-8)11(10)12/h6-8H,3-5H2,1-2H3,(H,15,16). The molecule has 2 unspecified atom stereocenters. The first kappa shape index (κ1) is 11.4. The van der Waals surface area contributed by atoms with Gasteiger partial charge in [0.25, 0.3) is 0 Å². The van der Waals surface area contributed by atoms with Crippen LogP contribution in [0.25, 0.3) is 0 Å². The average molecular weight is 248 g/mol. The summed E-state index contributed by atoms with van der Waals surface area (Å²) in [5, 5.41) is 9.28. The molecule has 1 aromatic rings. The van der Waals surface area contributed by atoms with Crippen molar-refractivity contribution in [2.24, 2.45) is 0 Å². The molecule has 0 radical (unpaired) electrons. The molecule has 1 saturated carbocycles. The number of carboxylic acids is 1. The van der Waals surface area contributed by atoms with Gasteiger partial charge in [-0.2, -0.15) is 0 Å². The summed E-state index contributed by atoms with van der Waals surface area (Å²) >= 11 is 0. The van der Waals surface area contributed by atoms with E-state index >= 15 is 0 Å². The van der Waals surface area contributed by atoms with E-state index in [2.05, 4.69) is 0 Å². The molecule has 1 aromatic carbocycles. The Morgan fingerprint density at radius 1 is 1.22 bits per heavy atom. The normalized spacial score (nSPS) is 23.9. The topological polar surface area (TPSA) is 55.8 Å². The van der Waals surface area contributed by atoms with Crippen LogP contribution in [0.3, 0.4) is 0 Å². The van der Waals surface area contributed by atoms with Crippen LogP contribution < -0.4 is 9.47 Å². The Balaban J connectivity index is 2.29. The van der Waals surface area contributed by atoms with Crippen molar-refractivity contribution in [1.82, 2.24) is 0 Å². The van der Waals surface area contributed by atoms with Crippen molar-refractivity contribution in [2.45, 2.75) is 31.1 Å². The van der Waals surface area contributed by atoms with Crippen molar-refractivity contribution in [3.05, 3.63) is 22.8 Å². The summed E-state index contributed by atoms with van der Waals surface area (Å²) in [5.41, 5.74) is 2.46. The van der Waals surface area contributed by atoms with E-state index in [0.717, 1.165) is 18.4 Å². The monoisotopic (exact) mass is 248 g/mol. The van der Waals surface area contributed by atoms with E-state index in [4.69, 9.17) is 9.47 Å². The second-order valence-corrected chi connectivity index (χ2v) is 5.00. The molecule has 2 atom stereocenters. The van der Waals surface area contributed by atoms with Gasteiger partial charge in [-0.05, 0) is 37.2 Å². The minimum Gasteiger partial charge on any atom is -0.496 e. The molecule has 4 heteroatoms. The van der Waals surface area contributed by atoms with Crippen molar-refractivity contribution in [3.8, 4) is 11.5 Å². The minimum atomic E-state index is -0.962. The van der Waals surface area contributed by atoms with Gasteiger partial charge in [-0.15, -0.1) is 0 Å². The lowest BCUT2D eigenvalue weighted by Crippen LogP contribution is -2.09. The van der Waals surface area contributed by atoms with Crippen molar-refractivity contribution in [1.29, 1.82) is 0 Å². The van der Waals surface area contributed by atoms with Gasteiger partial charge in [0.2, 0.25) is 0 Å². The quantitative estimate of drug-likeness (QED) is 0.893. The van der Waals surface area contributed by atoms with Gasteiger partial charge in [0.15, 0.2) is 0 Å². The lowest BCUT2D eigenvalue weighted by molar-refractivity contribution is 0.0692. The summed E-state index contributed by atoms with van der Waals surface area (Å²) < 4.78 is 10.7. The zero-order chi connectivity index (χ0) is 12.9. The van der Waals surface area contributed by atoms with E-state index in [1.54, 1.807) is 20.3 Å². The van der Waals surface area contributed by atoms with Gasteiger partial charge < -0.3 is 14.6 Å². The first-order valence-corrected chi connectivity index (χ1v) is 6.19. The van der Waals surface area contributed by atoms with Crippen LogP contribution in [0.2, 0.25) is 0 Å². The highest BCUT2D eigenvalue weighted by Crippen LogP contribution is 2.59. The summed E-state index contributed by atoms with van der Waals surface area (Å²) in [5.74, 6) is 1.22. The number of fused-ring (bicyclic) bond motifs is 5. The maximum Gasteiger partial charge on any atom is 0.339 e. The van der Waals surface area contributed by atoms with Crippen LogP contribution in [0, 0.1) is 0 Å². The first-order chi connectivity index (χ1) is 8.67. The fourth-order valence-corrected chi connectivity index (χ4v) is 3.55. The Bertz CT molecular complexity index is 521. The molecule has 18 heavy (non-hydrogen) atoms. The Morgan fingerprint density at radius 3 is 2.44 bits per heavy atom. The van der Waals surface area contributed by atoms with Crippen LogP contribution in [0.5, 0.6) is 11.5 Å². The number of methoxy groups -OCH3 is 2. The molecule has 1 fully saturated rings. The molecule has 0 heterocycles. The van der Waals surface area contributed by atoms with Gasteiger partial charge in [0.05, 0.1) is 14.2 Å². The number of rotatable bonds is 3. The number of benzene rings is 1. The summed E-state index contributed by atoms with van der Waals surface area (Å²) in [7, 11) is 3.14. The van der Waals surface area contributed by atoms with Crippen molar-refractivity contribution in [2.75, 3.05) is 14.2 Å². The zero-order valence-corrected chi connectivity index (χ0v) is 10.5. The molecule has 2 bridgehead atoms. The van der Waals surface area contributed by atoms with Crippen molar-refractivity contribution in [3.63, 3.8) is 0 Å². The van der Waals surface area contributed by atoms with Crippen LogP contribution in [0.1, 0.15) is 52.6 Å². The van der Waals surface area contributed by atoms with Gasteiger partial charge in [0, 0.05) is 11.1 Å². The number of hydrogen-bond acceptors (Lipinski definition) is 3. The lowest BCUT2D eigenvalue weighted by Gasteiger charge is -2.22. The van der Waals surface area contributed by atoms with Gasteiger partial charge in [-0.3, -0.25) is 0 Å². The molecule has 2 aliphatic carbocycles. The molecule has 0 aliphatic heterocycles. The largest absolute Gasteiger partial charge is 0.496 e. The highest BCUT2D eigenvalue weighted by molar-refractivity contribution is 5.93. The highest BCUT2D eigenvalue weighted by Gasteiger charge is 2.42. The smallest absolute Gasteiger partial charge is 0.339 e. The third kappa shape index (κ3) is 1.35. The van der Waals surface area contributed by atoms with Crippen LogP contribution in [-0.4, -0.2) is 25.3 Å². The molecular formula is C14H16O4. The number of carboxylic acid groups (broad SMARTS) is 1. The van der Waals surface area contributed by atoms with E-state index in [9.17, 15) is 9.90 Å². The maximum absolute atomic E-state index is 11.3. The molecule has 4 nitrogen and oxygen atoms in total. The summed E-state index contributed by atoms with van der Waals surface area (Å²) in [4.78, 5) is 11.3. The predicted molar refractivity (Wildman–Crippen MR) is 65.8 cm³/mol. The first-order valence-electron chi connectivity index (χ1n) is 6.19. The van der Waals surface area contributed by atoms with Crippen LogP contribution >= 0.6 is 0 Å². The zero-order valence-electron chi connectivity index (χ0n) is 10.5. The van der Waals surface area contributed by atoms with E-state index in [0.29, 0.717) is 23.3 Å². The van der Waals surface area contributed by atoms with Gasteiger partial charge >= 0.3 is 5.97 Å². The molecule has 1 N–H and O–H groups in total. The second kappa shape index (κ2) is 3.90. The van der Waals surface area contributed by atoms with E-state index < -0.39 is 5.97 Å². The van der Waals surface area contributed by atoms with E-state index in [-0.39, 0.29) is 5.56 Å². The molecular weight excluding hydrogens is 232 g/mol. The SMILES string of the molecule is COc1cc(C(=O)O)c(OC)c2c1C1CCC2C1. The Morgan fingerprint density at radius 2 is 1.89 bits per heavy atom. The second-order valence-electron chi connectivity index (χ2n) is 5.00. The average Bonchev–Trinajstić information content (AvgIpc) is 2.97. The summed E-state index contributed by atoms with van der Waals surface area (Å²) in [6, 6.07) is 1.60. The fraction of sp³-hybridized carbons (Fsp3) is 0.500. The molecule has 0 aromatic heterocycles. The minimum absolute atomic E-state index is 0.209. The van der Waals surface area contributed by atoms with Crippen molar-refractivity contribution >= 4 is 5.97 Å². The fourth-order valence-electron chi connectivity index (χ4n) is 3.55. The Kier molecular flexibility index (Phi) is 2.47. The van der Waals surface area contributed by atoms with Gasteiger partial charge in [-0.1, -0.05) is 0 Å². The Hall–Kier alpha value is -1.71.